The van der Waals surface area contributed by atoms with E-state index in [2.05, 4.69) is 21.1 Å². The van der Waals surface area contributed by atoms with Crippen LogP contribution in [0.2, 0.25) is 0 Å². The lowest BCUT2D eigenvalue weighted by Crippen LogP contribution is -2.24. The molecular weight excluding hydrogens is 252 g/mol. The highest BCUT2D eigenvalue weighted by atomic mass is 16.2. The standard InChI is InChI=1S/C15H12N4O/c20-15-14(18-16-12-9-5-2-6-10-12)13(17-19-15)11-7-3-1-4-8-11/h1-10,16H,(H,18,19,20). The third kappa shape index (κ3) is 2.42. The number of hydrogen-bond donors (Lipinski definition) is 2. The smallest absolute Gasteiger partial charge is 0.278 e. The highest BCUT2D eigenvalue weighted by Gasteiger charge is 2.25. The summed E-state index contributed by atoms with van der Waals surface area (Å²) in [7, 11) is 0. The third-order valence-corrected chi connectivity index (χ3v) is 2.83. The van der Waals surface area contributed by atoms with Gasteiger partial charge in [-0.2, -0.15) is 10.2 Å². The van der Waals surface area contributed by atoms with Crippen LogP contribution in [0.15, 0.2) is 70.9 Å². The molecule has 0 saturated carbocycles. The van der Waals surface area contributed by atoms with E-state index in [1.807, 2.05) is 60.7 Å². The summed E-state index contributed by atoms with van der Waals surface area (Å²) in [6.07, 6.45) is 0. The molecule has 20 heavy (non-hydrogen) atoms. The van der Waals surface area contributed by atoms with Crippen molar-refractivity contribution >= 4 is 23.0 Å². The summed E-state index contributed by atoms with van der Waals surface area (Å²) in [6, 6.07) is 18.9. The first-order valence-corrected chi connectivity index (χ1v) is 6.17. The monoisotopic (exact) mass is 264 g/mol. The lowest BCUT2D eigenvalue weighted by atomic mass is 10.1. The quantitative estimate of drug-likeness (QED) is 0.832. The van der Waals surface area contributed by atoms with Gasteiger partial charge < -0.3 is 0 Å². The largest absolute Gasteiger partial charge is 0.294 e. The molecule has 0 saturated heterocycles. The lowest BCUT2D eigenvalue weighted by Gasteiger charge is -2.02. The molecule has 5 nitrogen and oxygen atoms in total. The molecule has 0 aromatic heterocycles. The predicted octanol–water partition coefficient (Wildman–Crippen LogP) is 1.99. The second kappa shape index (κ2) is 5.36. The van der Waals surface area contributed by atoms with Crippen molar-refractivity contribution in [2.45, 2.75) is 0 Å². The highest BCUT2D eigenvalue weighted by Crippen LogP contribution is 2.09. The van der Waals surface area contributed by atoms with Gasteiger partial charge in [-0.15, -0.1) is 0 Å². The fourth-order valence-corrected chi connectivity index (χ4v) is 1.85. The zero-order valence-electron chi connectivity index (χ0n) is 10.6. The van der Waals surface area contributed by atoms with Crippen molar-refractivity contribution in [3.05, 3.63) is 66.2 Å². The van der Waals surface area contributed by atoms with E-state index in [4.69, 9.17) is 0 Å². The van der Waals surface area contributed by atoms with E-state index >= 15 is 0 Å². The summed E-state index contributed by atoms with van der Waals surface area (Å²) in [5.41, 5.74) is 7.77. The number of nitrogens with one attached hydrogen (secondary N) is 2. The van der Waals surface area contributed by atoms with Crippen LogP contribution in [-0.4, -0.2) is 17.3 Å². The minimum atomic E-state index is -0.313. The fourth-order valence-electron chi connectivity index (χ4n) is 1.85. The number of amides is 1. The topological polar surface area (TPSA) is 65.8 Å². The van der Waals surface area contributed by atoms with Gasteiger partial charge in [-0.05, 0) is 12.1 Å². The van der Waals surface area contributed by atoms with Crippen LogP contribution in [-0.2, 0) is 4.79 Å². The Balaban J connectivity index is 1.87. The van der Waals surface area contributed by atoms with Gasteiger partial charge in [0, 0.05) is 5.56 Å². The van der Waals surface area contributed by atoms with Crippen molar-refractivity contribution in [1.29, 1.82) is 0 Å². The number of anilines is 1. The Morgan fingerprint density at radius 2 is 1.60 bits per heavy atom. The number of hydrazone groups is 2. The van der Waals surface area contributed by atoms with Crippen LogP contribution in [0.3, 0.4) is 0 Å². The van der Waals surface area contributed by atoms with Crippen LogP contribution in [0.4, 0.5) is 5.69 Å². The molecule has 3 rings (SSSR count). The normalized spacial score (nSPS) is 15.9. The second-order valence-corrected chi connectivity index (χ2v) is 4.21. The molecule has 0 aliphatic carbocycles. The SMILES string of the molecule is O=C1NN=C(c2ccccc2)/C1=N/Nc1ccccc1. The van der Waals surface area contributed by atoms with E-state index in [1.54, 1.807) is 0 Å². The number of para-hydroxylation sites is 1. The molecule has 2 aromatic rings. The minimum Gasteiger partial charge on any atom is -0.278 e. The van der Waals surface area contributed by atoms with Gasteiger partial charge >= 0.3 is 0 Å². The number of carbonyl (C=O) groups excluding carboxylic acids is 1. The Hall–Kier alpha value is -2.95. The van der Waals surface area contributed by atoms with Crippen LogP contribution in [0, 0.1) is 0 Å². The molecule has 98 valence electrons. The van der Waals surface area contributed by atoms with Crippen molar-refractivity contribution in [3.63, 3.8) is 0 Å². The first-order valence-electron chi connectivity index (χ1n) is 6.17. The van der Waals surface area contributed by atoms with E-state index in [-0.39, 0.29) is 11.6 Å². The molecular formula is C15H12N4O. The Bertz CT molecular complexity index is 678. The molecule has 0 spiro atoms. The summed E-state index contributed by atoms with van der Waals surface area (Å²) in [4.78, 5) is 11.8. The summed E-state index contributed by atoms with van der Waals surface area (Å²) in [5.74, 6) is -0.313. The van der Waals surface area contributed by atoms with Crippen molar-refractivity contribution in [3.8, 4) is 0 Å². The first-order chi connectivity index (χ1) is 9.84. The number of hydrogen-bond acceptors (Lipinski definition) is 4. The fraction of sp³-hybridized carbons (Fsp3) is 0. The van der Waals surface area contributed by atoms with Gasteiger partial charge in [0.1, 0.15) is 5.71 Å². The maximum Gasteiger partial charge on any atom is 0.294 e. The van der Waals surface area contributed by atoms with Crippen molar-refractivity contribution in [2.24, 2.45) is 10.2 Å². The Kier molecular flexibility index (Phi) is 3.24. The molecule has 1 aliphatic rings. The predicted molar refractivity (Wildman–Crippen MR) is 78.6 cm³/mol. The van der Waals surface area contributed by atoms with E-state index in [0.717, 1.165) is 11.3 Å². The third-order valence-electron chi connectivity index (χ3n) is 2.83. The summed E-state index contributed by atoms with van der Waals surface area (Å²) < 4.78 is 0. The average Bonchev–Trinajstić information content (AvgIpc) is 2.88. The number of carbonyl (C=O) groups is 1. The maximum absolute atomic E-state index is 11.8. The molecule has 1 aliphatic heterocycles. The van der Waals surface area contributed by atoms with Crippen LogP contribution >= 0.6 is 0 Å². The van der Waals surface area contributed by atoms with E-state index in [0.29, 0.717) is 5.71 Å². The number of nitrogens with zero attached hydrogens (tertiary/aromatic N) is 2. The van der Waals surface area contributed by atoms with Crippen molar-refractivity contribution in [2.75, 3.05) is 5.43 Å². The molecule has 2 N–H and O–H groups in total. The molecule has 1 amide bonds. The van der Waals surface area contributed by atoms with E-state index in [1.165, 1.54) is 0 Å². The molecule has 0 fully saturated rings. The zero-order valence-corrected chi connectivity index (χ0v) is 10.6. The molecule has 2 aromatic carbocycles. The summed E-state index contributed by atoms with van der Waals surface area (Å²) >= 11 is 0. The molecule has 0 unspecified atom stereocenters. The Morgan fingerprint density at radius 1 is 0.950 bits per heavy atom. The summed E-state index contributed by atoms with van der Waals surface area (Å²) in [6.45, 7) is 0. The van der Waals surface area contributed by atoms with Crippen LogP contribution < -0.4 is 10.9 Å². The van der Waals surface area contributed by atoms with Gasteiger partial charge in [0.15, 0.2) is 5.71 Å². The van der Waals surface area contributed by atoms with Crippen molar-refractivity contribution in [1.82, 2.24) is 5.43 Å². The average molecular weight is 264 g/mol. The molecule has 0 bridgehead atoms. The van der Waals surface area contributed by atoms with Crippen LogP contribution in [0.5, 0.6) is 0 Å². The molecule has 5 heteroatoms. The van der Waals surface area contributed by atoms with Gasteiger partial charge in [-0.3, -0.25) is 10.2 Å². The maximum atomic E-state index is 11.8. The molecule has 0 radical (unpaired) electrons. The van der Waals surface area contributed by atoms with Gasteiger partial charge in [-0.25, -0.2) is 5.43 Å². The molecule has 0 atom stereocenters. The van der Waals surface area contributed by atoms with Gasteiger partial charge in [0.25, 0.3) is 5.91 Å². The highest BCUT2D eigenvalue weighted by molar-refractivity contribution is 6.72. The summed E-state index contributed by atoms with van der Waals surface area (Å²) in [5, 5.41) is 8.18. The lowest BCUT2D eigenvalue weighted by molar-refractivity contribution is -0.114. The van der Waals surface area contributed by atoms with Crippen molar-refractivity contribution < 1.29 is 4.79 Å². The van der Waals surface area contributed by atoms with Gasteiger partial charge in [-0.1, -0.05) is 48.5 Å². The van der Waals surface area contributed by atoms with Gasteiger partial charge in [0.2, 0.25) is 0 Å². The van der Waals surface area contributed by atoms with E-state index in [9.17, 15) is 4.79 Å². The van der Waals surface area contributed by atoms with Crippen LogP contribution in [0.25, 0.3) is 0 Å². The number of rotatable bonds is 3. The van der Waals surface area contributed by atoms with Crippen LogP contribution in [0.1, 0.15) is 5.56 Å². The number of benzene rings is 2. The molecule has 1 heterocycles. The minimum absolute atomic E-state index is 0.278. The first kappa shape index (κ1) is 12.1. The van der Waals surface area contributed by atoms with Gasteiger partial charge in [0.05, 0.1) is 5.69 Å². The second-order valence-electron chi connectivity index (χ2n) is 4.21. The zero-order chi connectivity index (χ0) is 13.8. The Labute approximate surface area is 116 Å². The van der Waals surface area contributed by atoms with E-state index < -0.39 is 0 Å². The Morgan fingerprint density at radius 3 is 2.30 bits per heavy atom.